The van der Waals surface area contributed by atoms with E-state index in [1.165, 1.54) is 12.1 Å². The van der Waals surface area contributed by atoms with Crippen LogP contribution in [0.5, 0.6) is 11.6 Å². The molecule has 0 amide bonds. The summed E-state index contributed by atoms with van der Waals surface area (Å²) in [6, 6.07) is 4.51. The summed E-state index contributed by atoms with van der Waals surface area (Å²) in [5, 5.41) is 18.8. The summed E-state index contributed by atoms with van der Waals surface area (Å²) in [5.74, 6) is 0.798. The SMILES string of the molecule is Cc1cc(Oc2nnc(Cl)c(C)c2C)ccc1[N+](=O)[O-]. The van der Waals surface area contributed by atoms with Gasteiger partial charge in [0.15, 0.2) is 5.15 Å². The van der Waals surface area contributed by atoms with E-state index in [2.05, 4.69) is 10.2 Å². The van der Waals surface area contributed by atoms with Crippen molar-refractivity contribution in [1.82, 2.24) is 10.2 Å². The summed E-state index contributed by atoms with van der Waals surface area (Å²) in [7, 11) is 0. The van der Waals surface area contributed by atoms with Gasteiger partial charge in [0.05, 0.1) is 4.92 Å². The quantitative estimate of drug-likeness (QED) is 0.636. The fourth-order valence-electron chi connectivity index (χ4n) is 1.66. The lowest BCUT2D eigenvalue weighted by Crippen LogP contribution is -1.98. The lowest BCUT2D eigenvalue weighted by molar-refractivity contribution is -0.385. The number of aryl methyl sites for hydroxylation is 1. The minimum absolute atomic E-state index is 0.0486. The van der Waals surface area contributed by atoms with Crippen molar-refractivity contribution in [1.29, 1.82) is 0 Å². The maximum atomic E-state index is 10.8. The number of nitro benzene ring substituents is 1. The molecule has 0 saturated carbocycles. The molecule has 0 atom stereocenters. The van der Waals surface area contributed by atoms with Crippen LogP contribution in [0.4, 0.5) is 5.69 Å². The van der Waals surface area contributed by atoms with Gasteiger partial charge in [-0.15, -0.1) is 10.2 Å². The maximum Gasteiger partial charge on any atom is 0.272 e. The van der Waals surface area contributed by atoms with E-state index < -0.39 is 4.92 Å². The van der Waals surface area contributed by atoms with Crippen molar-refractivity contribution in [2.24, 2.45) is 0 Å². The first-order valence-corrected chi connectivity index (χ1v) is 6.20. The molecule has 0 fully saturated rings. The molecule has 0 bridgehead atoms. The third kappa shape index (κ3) is 2.70. The number of hydrogen-bond donors (Lipinski definition) is 0. The molecule has 1 heterocycles. The lowest BCUT2D eigenvalue weighted by Gasteiger charge is -2.09. The Morgan fingerprint density at radius 2 is 1.90 bits per heavy atom. The minimum Gasteiger partial charge on any atom is -0.437 e. The highest BCUT2D eigenvalue weighted by Crippen LogP contribution is 2.29. The zero-order valence-electron chi connectivity index (χ0n) is 11.2. The molecule has 0 spiro atoms. The minimum atomic E-state index is -0.434. The summed E-state index contributed by atoms with van der Waals surface area (Å²) in [6.45, 7) is 5.29. The van der Waals surface area contributed by atoms with Crippen molar-refractivity contribution in [2.45, 2.75) is 20.8 Å². The molecule has 0 saturated heterocycles. The molecule has 7 heteroatoms. The van der Waals surface area contributed by atoms with Crippen molar-refractivity contribution in [3.8, 4) is 11.6 Å². The van der Waals surface area contributed by atoms with Crippen molar-refractivity contribution < 1.29 is 9.66 Å². The first-order chi connectivity index (χ1) is 9.40. The standard InChI is InChI=1S/C13H12ClN3O3/c1-7-6-10(4-5-11(7)17(18)19)20-13-9(3)8(2)12(14)15-16-13/h4-6H,1-3H3. The summed E-state index contributed by atoms with van der Waals surface area (Å²) in [6.07, 6.45) is 0. The number of hydrogen-bond acceptors (Lipinski definition) is 5. The number of halogens is 1. The Hall–Kier alpha value is -2.21. The van der Waals surface area contributed by atoms with E-state index in [9.17, 15) is 10.1 Å². The van der Waals surface area contributed by atoms with Crippen LogP contribution in [0.2, 0.25) is 5.15 Å². The Kier molecular flexibility index (Phi) is 3.85. The highest BCUT2D eigenvalue weighted by Gasteiger charge is 2.13. The van der Waals surface area contributed by atoms with Crippen molar-refractivity contribution in [3.05, 3.63) is 50.2 Å². The van der Waals surface area contributed by atoms with E-state index in [1.54, 1.807) is 13.0 Å². The van der Waals surface area contributed by atoms with Gasteiger partial charge in [-0.25, -0.2) is 0 Å². The molecule has 0 radical (unpaired) electrons. The van der Waals surface area contributed by atoms with Gasteiger partial charge in [0, 0.05) is 17.2 Å². The van der Waals surface area contributed by atoms with Gasteiger partial charge in [0.1, 0.15) is 5.75 Å². The predicted octanol–water partition coefficient (Wildman–Crippen LogP) is 3.76. The van der Waals surface area contributed by atoms with Gasteiger partial charge in [-0.1, -0.05) is 11.6 Å². The first kappa shape index (κ1) is 14.2. The molecular weight excluding hydrogens is 282 g/mol. The van der Waals surface area contributed by atoms with Crippen LogP contribution in [-0.4, -0.2) is 15.1 Å². The highest BCUT2D eigenvalue weighted by molar-refractivity contribution is 6.30. The molecule has 0 N–H and O–H groups in total. The van der Waals surface area contributed by atoms with Gasteiger partial charge < -0.3 is 4.74 Å². The fourth-order valence-corrected chi connectivity index (χ4v) is 1.84. The Morgan fingerprint density at radius 1 is 1.20 bits per heavy atom. The smallest absolute Gasteiger partial charge is 0.272 e. The van der Waals surface area contributed by atoms with Crippen LogP contribution >= 0.6 is 11.6 Å². The zero-order valence-corrected chi connectivity index (χ0v) is 11.9. The molecule has 6 nitrogen and oxygen atoms in total. The number of nitro groups is 1. The van der Waals surface area contributed by atoms with Crippen LogP contribution in [0.3, 0.4) is 0 Å². The van der Waals surface area contributed by atoms with Gasteiger partial charge >= 0.3 is 0 Å². The van der Waals surface area contributed by atoms with Crippen LogP contribution in [0.15, 0.2) is 18.2 Å². The van der Waals surface area contributed by atoms with Crippen LogP contribution < -0.4 is 4.74 Å². The Balaban J connectivity index is 2.34. The maximum absolute atomic E-state index is 10.8. The number of ether oxygens (including phenoxy) is 1. The van der Waals surface area contributed by atoms with Gasteiger partial charge in [-0.05, 0) is 38.5 Å². The second kappa shape index (κ2) is 5.42. The molecule has 0 aliphatic carbocycles. The number of aromatic nitrogens is 2. The molecule has 104 valence electrons. The predicted molar refractivity (Wildman–Crippen MR) is 74.4 cm³/mol. The average molecular weight is 294 g/mol. The first-order valence-electron chi connectivity index (χ1n) is 5.82. The lowest BCUT2D eigenvalue weighted by atomic mass is 10.2. The average Bonchev–Trinajstić information content (AvgIpc) is 2.39. The van der Waals surface area contributed by atoms with E-state index in [4.69, 9.17) is 16.3 Å². The van der Waals surface area contributed by atoms with Crippen molar-refractivity contribution in [3.63, 3.8) is 0 Å². The summed E-state index contributed by atoms with van der Waals surface area (Å²) < 4.78 is 5.61. The molecule has 0 aliphatic heterocycles. The Morgan fingerprint density at radius 3 is 2.50 bits per heavy atom. The van der Waals surface area contributed by atoms with E-state index >= 15 is 0 Å². The van der Waals surface area contributed by atoms with E-state index in [-0.39, 0.29) is 5.69 Å². The van der Waals surface area contributed by atoms with Gasteiger partial charge in [-0.2, -0.15) is 0 Å². The van der Waals surface area contributed by atoms with Crippen LogP contribution in [0, 0.1) is 30.9 Å². The second-order valence-corrected chi connectivity index (χ2v) is 4.71. The number of nitrogens with zero attached hydrogens (tertiary/aromatic N) is 3. The third-order valence-corrected chi connectivity index (χ3v) is 3.36. The molecule has 0 aliphatic rings. The molecular formula is C13H12ClN3O3. The van der Waals surface area contributed by atoms with Crippen LogP contribution in [-0.2, 0) is 0 Å². The van der Waals surface area contributed by atoms with Gasteiger partial charge in [0.2, 0.25) is 5.88 Å². The molecule has 2 rings (SSSR count). The normalized spacial score (nSPS) is 10.4. The summed E-state index contributed by atoms with van der Waals surface area (Å²) >= 11 is 5.87. The molecule has 1 aromatic heterocycles. The van der Waals surface area contributed by atoms with Crippen molar-refractivity contribution >= 4 is 17.3 Å². The molecule has 20 heavy (non-hydrogen) atoms. The largest absolute Gasteiger partial charge is 0.437 e. The van der Waals surface area contributed by atoms with E-state index in [0.717, 1.165) is 11.1 Å². The zero-order chi connectivity index (χ0) is 14.9. The third-order valence-electron chi connectivity index (χ3n) is 3.00. The van der Waals surface area contributed by atoms with Gasteiger partial charge in [-0.3, -0.25) is 10.1 Å². The van der Waals surface area contributed by atoms with Gasteiger partial charge in [0.25, 0.3) is 5.69 Å². The second-order valence-electron chi connectivity index (χ2n) is 4.35. The summed E-state index contributed by atoms with van der Waals surface area (Å²) in [4.78, 5) is 10.3. The highest BCUT2D eigenvalue weighted by atomic mass is 35.5. The number of rotatable bonds is 3. The summed E-state index contributed by atoms with van der Waals surface area (Å²) in [5.41, 5.74) is 2.13. The topological polar surface area (TPSA) is 78.2 Å². The molecule has 0 unspecified atom stereocenters. The van der Waals surface area contributed by atoms with Crippen LogP contribution in [0.1, 0.15) is 16.7 Å². The fraction of sp³-hybridized carbons (Fsp3) is 0.231. The monoisotopic (exact) mass is 293 g/mol. The Labute approximate surface area is 120 Å². The Bertz CT molecular complexity index is 689. The van der Waals surface area contributed by atoms with Crippen LogP contribution in [0.25, 0.3) is 0 Å². The number of benzene rings is 1. The van der Waals surface area contributed by atoms with E-state index in [1.807, 2.05) is 13.8 Å². The molecule has 2 aromatic rings. The molecule has 1 aromatic carbocycles. The van der Waals surface area contributed by atoms with E-state index in [0.29, 0.717) is 22.3 Å². The van der Waals surface area contributed by atoms with Crippen molar-refractivity contribution in [2.75, 3.05) is 0 Å².